The molecular weight excluding hydrogens is 222 g/mol. The van der Waals surface area contributed by atoms with Gasteiger partial charge in [-0.3, -0.25) is 0 Å². The maximum Gasteiger partial charge on any atom is 0.0840 e. The summed E-state index contributed by atoms with van der Waals surface area (Å²) in [5.74, 6) is 0. The fourth-order valence-electron chi connectivity index (χ4n) is 3.05. The summed E-state index contributed by atoms with van der Waals surface area (Å²) in [6.45, 7) is 3.67. The zero-order valence-electron chi connectivity index (χ0n) is 11.2. The molecule has 0 atom stereocenters. The van der Waals surface area contributed by atoms with Crippen molar-refractivity contribution in [3.05, 3.63) is 36.0 Å². The van der Waals surface area contributed by atoms with Gasteiger partial charge in [0, 0.05) is 17.8 Å². The molecular formula is C16H21NO. The van der Waals surface area contributed by atoms with Crippen molar-refractivity contribution >= 4 is 10.9 Å². The molecule has 0 bridgehead atoms. The molecule has 1 aromatic heterocycles. The summed E-state index contributed by atoms with van der Waals surface area (Å²) in [5, 5.41) is 11.3. The number of rotatable bonds is 2. The first-order valence-electron chi connectivity index (χ1n) is 6.89. The molecule has 2 aromatic rings. The molecule has 1 heterocycles. The Morgan fingerprint density at radius 2 is 1.89 bits per heavy atom. The average molecular weight is 243 g/mol. The quantitative estimate of drug-likeness (QED) is 0.847. The minimum absolute atomic E-state index is 0.676. The Labute approximate surface area is 108 Å². The van der Waals surface area contributed by atoms with Crippen LogP contribution in [-0.2, 0) is 5.60 Å². The fourth-order valence-corrected chi connectivity index (χ4v) is 3.05. The van der Waals surface area contributed by atoms with Crippen LogP contribution in [0, 0.1) is 0 Å². The molecule has 3 rings (SSSR count). The van der Waals surface area contributed by atoms with Crippen LogP contribution in [0.2, 0.25) is 0 Å². The molecule has 0 radical (unpaired) electrons. The van der Waals surface area contributed by atoms with Gasteiger partial charge in [0.1, 0.15) is 0 Å². The molecule has 1 aromatic carbocycles. The number of hydrogen-bond acceptors (Lipinski definition) is 1. The number of aromatic nitrogens is 1. The van der Waals surface area contributed by atoms with Crippen LogP contribution >= 0.6 is 0 Å². The van der Waals surface area contributed by atoms with Crippen LogP contribution in [0.5, 0.6) is 0 Å². The number of hydrogen-bond donors (Lipinski definition) is 1. The van der Waals surface area contributed by atoms with Gasteiger partial charge in [0.15, 0.2) is 0 Å². The zero-order valence-corrected chi connectivity index (χ0v) is 11.2. The highest BCUT2D eigenvalue weighted by Crippen LogP contribution is 2.33. The molecule has 1 aliphatic carbocycles. The summed E-state index contributed by atoms with van der Waals surface area (Å²) >= 11 is 0. The molecule has 18 heavy (non-hydrogen) atoms. The third-order valence-corrected chi connectivity index (χ3v) is 4.14. The summed E-state index contributed by atoms with van der Waals surface area (Å²) in [7, 11) is 0. The van der Waals surface area contributed by atoms with Crippen LogP contribution in [0.1, 0.15) is 51.1 Å². The number of fused-ring (bicyclic) bond motifs is 1. The average Bonchev–Trinajstić information content (AvgIpc) is 2.95. The Morgan fingerprint density at radius 3 is 2.56 bits per heavy atom. The predicted octanol–water partition coefficient (Wildman–Crippen LogP) is 3.98. The standard InChI is InChI=1S/C16H21NO/c1-16(2,18)13-7-8-15-12(11-13)9-10-17(15)14-5-3-4-6-14/h7-11,14,18H,3-6H2,1-2H3. The fraction of sp³-hybridized carbons (Fsp3) is 0.500. The third kappa shape index (κ3) is 1.95. The minimum Gasteiger partial charge on any atom is -0.386 e. The highest BCUT2D eigenvalue weighted by atomic mass is 16.3. The van der Waals surface area contributed by atoms with E-state index in [2.05, 4.69) is 29.0 Å². The molecule has 1 N–H and O–H groups in total. The van der Waals surface area contributed by atoms with E-state index in [9.17, 15) is 5.11 Å². The first kappa shape index (κ1) is 11.8. The van der Waals surface area contributed by atoms with Crippen molar-refractivity contribution in [1.29, 1.82) is 0 Å². The molecule has 1 saturated carbocycles. The second-order valence-electron chi connectivity index (χ2n) is 5.99. The molecule has 0 unspecified atom stereocenters. The summed E-state index contributed by atoms with van der Waals surface area (Å²) in [6.07, 6.45) is 7.51. The molecule has 2 nitrogen and oxygen atoms in total. The first-order valence-corrected chi connectivity index (χ1v) is 6.89. The van der Waals surface area contributed by atoms with Crippen LogP contribution in [0.3, 0.4) is 0 Å². The van der Waals surface area contributed by atoms with Crippen LogP contribution in [0.25, 0.3) is 10.9 Å². The maximum absolute atomic E-state index is 10.1. The molecule has 96 valence electrons. The van der Waals surface area contributed by atoms with E-state index >= 15 is 0 Å². The van der Waals surface area contributed by atoms with Crippen molar-refractivity contribution < 1.29 is 5.11 Å². The predicted molar refractivity (Wildman–Crippen MR) is 74.7 cm³/mol. The van der Waals surface area contributed by atoms with Crippen LogP contribution < -0.4 is 0 Å². The normalized spacial score (nSPS) is 17.7. The smallest absolute Gasteiger partial charge is 0.0840 e. The van der Waals surface area contributed by atoms with Crippen molar-refractivity contribution in [3.8, 4) is 0 Å². The van der Waals surface area contributed by atoms with Gasteiger partial charge in [0.05, 0.1) is 5.60 Å². The van der Waals surface area contributed by atoms with E-state index < -0.39 is 5.60 Å². The van der Waals surface area contributed by atoms with E-state index in [1.165, 1.54) is 36.6 Å². The SMILES string of the molecule is CC(C)(O)c1ccc2c(ccn2C2CCCC2)c1. The van der Waals surface area contributed by atoms with Crippen molar-refractivity contribution in [3.63, 3.8) is 0 Å². The van der Waals surface area contributed by atoms with Gasteiger partial charge < -0.3 is 9.67 Å². The zero-order chi connectivity index (χ0) is 12.8. The summed E-state index contributed by atoms with van der Waals surface area (Å²) in [5.41, 5.74) is 1.53. The maximum atomic E-state index is 10.1. The lowest BCUT2D eigenvalue weighted by molar-refractivity contribution is 0.0787. The lowest BCUT2D eigenvalue weighted by Gasteiger charge is -2.18. The van der Waals surface area contributed by atoms with Crippen LogP contribution in [0.4, 0.5) is 0 Å². The summed E-state index contributed by atoms with van der Waals surface area (Å²) in [6, 6.07) is 9.16. The third-order valence-electron chi connectivity index (χ3n) is 4.14. The van der Waals surface area contributed by atoms with Crippen LogP contribution in [-0.4, -0.2) is 9.67 Å². The van der Waals surface area contributed by atoms with Crippen molar-refractivity contribution in [2.75, 3.05) is 0 Å². The van der Waals surface area contributed by atoms with Gasteiger partial charge in [0.25, 0.3) is 0 Å². The van der Waals surface area contributed by atoms with Crippen molar-refractivity contribution in [2.45, 2.75) is 51.2 Å². The van der Waals surface area contributed by atoms with E-state index in [-0.39, 0.29) is 0 Å². The summed E-state index contributed by atoms with van der Waals surface area (Å²) in [4.78, 5) is 0. The first-order chi connectivity index (χ1) is 8.55. The van der Waals surface area contributed by atoms with Gasteiger partial charge in [-0.25, -0.2) is 0 Å². The largest absolute Gasteiger partial charge is 0.386 e. The van der Waals surface area contributed by atoms with Crippen molar-refractivity contribution in [1.82, 2.24) is 4.57 Å². The van der Waals surface area contributed by atoms with Gasteiger partial charge in [0.2, 0.25) is 0 Å². The van der Waals surface area contributed by atoms with Gasteiger partial charge in [-0.1, -0.05) is 18.9 Å². The second-order valence-corrected chi connectivity index (χ2v) is 5.99. The Morgan fingerprint density at radius 1 is 1.17 bits per heavy atom. The molecule has 1 fully saturated rings. The lowest BCUT2D eigenvalue weighted by Crippen LogP contribution is -2.15. The number of nitrogens with zero attached hydrogens (tertiary/aromatic N) is 1. The topological polar surface area (TPSA) is 25.2 Å². The Bertz CT molecular complexity index is 556. The molecule has 2 heteroatoms. The van der Waals surface area contributed by atoms with E-state index in [0.717, 1.165) is 5.56 Å². The molecule has 0 spiro atoms. The van der Waals surface area contributed by atoms with Gasteiger partial charge in [-0.05, 0) is 55.8 Å². The number of benzene rings is 1. The van der Waals surface area contributed by atoms with Gasteiger partial charge in [-0.2, -0.15) is 0 Å². The van der Waals surface area contributed by atoms with Crippen LogP contribution in [0.15, 0.2) is 30.5 Å². The van der Waals surface area contributed by atoms with E-state index in [0.29, 0.717) is 6.04 Å². The molecule has 0 saturated heterocycles. The number of aliphatic hydroxyl groups is 1. The van der Waals surface area contributed by atoms with Crippen molar-refractivity contribution in [2.24, 2.45) is 0 Å². The minimum atomic E-state index is -0.760. The molecule has 0 aliphatic heterocycles. The van der Waals surface area contributed by atoms with Gasteiger partial charge in [-0.15, -0.1) is 0 Å². The van der Waals surface area contributed by atoms with Gasteiger partial charge >= 0.3 is 0 Å². The Balaban J connectivity index is 2.05. The molecule has 0 amide bonds. The van der Waals surface area contributed by atoms with E-state index in [4.69, 9.17) is 0 Å². The molecule has 1 aliphatic rings. The summed E-state index contributed by atoms with van der Waals surface area (Å²) < 4.78 is 2.41. The van der Waals surface area contributed by atoms with E-state index in [1.807, 2.05) is 19.9 Å². The van der Waals surface area contributed by atoms with E-state index in [1.54, 1.807) is 0 Å². The highest BCUT2D eigenvalue weighted by molar-refractivity contribution is 5.81. The monoisotopic (exact) mass is 243 g/mol. The Kier molecular flexibility index (Phi) is 2.70. The lowest BCUT2D eigenvalue weighted by atomic mass is 9.97. The highest BCUT2D eigenvalue weighted by Gasteiger charge is 2.20. The Hall–Kier alpha value is -1.28. The second kappa shape index (κ2) is 4.13.